The first-order chi connectivity index (χ1) is 14.2. The van der Waals surface area contributed by atoms with E-state index in [2.05, 4.69) is 15.5 Å². The molecular formula is C21H24N4O4S. The standard InChI is InChI=1S/C21H24N4O4S/c1-12(2)25(4)30(27,28)16-9-7-15(8-10-16)22-20(26)17-11-18(14-5-6-14)23-21-19(17)13(3)24-29-21/h7-12,14H,5-6H2,1-4H3,(H,22,26). The normalized spacial score (nSPS) is 14.6. The van der Waals surface area contributed by atoms with Gasteiger partial charge < -0.3 is 9.84 Å². The zero-order valence-corrected chi connectivity index (χ0v) is 18.2. The lowest BCUT2D eigenvalue weighted by Crippen LogP contribution is -2.33. The van der Waals surface area contributed by atoms with Gasteiger partial charge in [-0.2, -0.15) is 4.31 Å². The first kappa shape index (κ1) is 20.5. The van der Waals surface area contributed by atoms with E-state index in [4.69, 9.17) is 4.52 Å². The Morgan fingerprint density at radius 2 is 1.90 bits per heavy atom. The van der Waals surface area contributed by atoms with Crippen LogP contribution in [0.5, 0.6) is 0 Å². The third-order valence-corrected chi connectivity index (χ3v) is 7.44. The summed E-state index contributed by atoms with van der Waals surface area (Å²) in [5.74, 6) is 0.0410. The number of aryl methyl sites for hydroxylation is 1. The number of fused-ring (bicyclic) bond motifs is 1. The van der Waals surface area contributed by atoms with Crippen LogP contribution in [0.3, 0.4) is 0 Å². The summed E-state index contributed by atoms with van der Waals surface area (Å²) >= 11 is 0. The zero-order chi connectivity index (χ0) is 21.6. The van der Waals surface area contributed by atoms with Crippen molar-refractivity contribution in [1.82, 2.24) is 14.4 Å². The summed E-state index contributed by atoms with van der Waals surface area (Å²) in [6.07, 6.45) is 2.10. The van der Waals surface area contributed by atoms with E-state index in [0.29, 0.717) is 34.0 Å². The SMILES string of the molecule is Cc1noc2nc(C3CC3)cc(C(=O)Nc3ccc(S(=O)(=O)N(C)C(C)C)cc3)c12. The average molecular weight is 429 g/mol. The minimum atomic E-state index is -3.58. The Morgan fingerprint density at radius 1 is 1.23 bits per heavy atom. The van der Waals surface area contributed by atoms with Crippen LogP contribution in [0.2, 0.25) is 0 Å². The molecule has 0 spiro atoms. The predicted molar refractivity (Wildman–Crippen MR) is 113 cm³/mol. The van der Waals surface area contributed by atoms with Gasteiger partial charge in [0, 0.05) is 30.4 Å². The van der Waals surface area contributed by atoms with Gasteiger partial charge >= 0.3 is 0 Å². The van der Waals surface area contributed by atoms with Crippen LogP contribution >= 0.6 is 0 Å². The molecule has 158 valence electrons. The number of nitrogens with one attached hydrogen (secondary N) is 1. The highest BCUT2D eigenvalue weighted by Gasteiger charge is 2.29. The van der Waals surface area contributed by atoms with Crippen LogP contribution < -0.4 is 5.32 Å². The second-order valence-corrected chi connectivity index (χ2v) is 9.91. The van der Waals surface area contributed by atoms with Gasteiger partial charge in [-0.1, -0.05) is 5.16 Å². The van der Waals surface area contributed by atoms with Crippen LogP contribution in [0, 0.1) is 6.92 Å². The number of aromatic nitrogens is 2. The van der Waals surface area contributed by atoms with Gasteiger partial charge in [-0.3, -0.25) is 4.79 Å². The van der Waals surface area contributed by atoms with Crippen molar-refractivity contribution in [1.29, 1.82) is 0 Å². The average Bonchev–Trinajstić information content (AvgIpc) is 3.50. The van der Waals surface area contributed by atoms with Gasteiger partial charge in [-0.15, -0.1) is 0 Å². The minimum Gasteiger partial charge on any atom is -0.336 e. The van der Waals surface area contributed by atoms with Gasteiger partial charge in [0.25, 0.3) is 11.6 Å². The van der Waals surface area contributed by atoms with E-state index in [0.717, 1.165) is 18.5 Å². The Kier molecular flexibility index (Phi) is 5.11. The summed E-state index contributed by atoms with van der Waals surface area (Å²) < 4.78 is 31.8. The molecule has 0 saturated heterocycles. The van der Waals surface area contributed by atoms with Gasteiger partial charge in [-0.25, -0.2) is 13.4 Å². The van der Waals surface area contributed by atoms with Crippen LogP contribution in [0.15, 0.2) is 39.8 Å². The third-order valence-electron chi connectivity index (χ3n) is 5.39. The number of pyridine rings is 1. The van der Waals surface area contributed by atoms with Crippen molar-refractivity contribution in [2.45, 2.75) is 50.5 Å². The maximum atomic E-state index is 13.0. The number of benzene rings is 1. The summed E-state index contributed by atoms with van der Waals surface area (Å²) in [6, 6.07) is 7.80. The molecule has 1 N–H and O–H groups in total. The molecule has 9 heteroatoms. The van der Waals surface area contributed by atoms with E-state index in [1.807, 2.05) is 13.8 Å². The van der Waals surface area contributed by atoms with Gasteiger partial charge in [0.1, 0.15) is 0 Å². The highest BCUT2D eigenvalue weighted by atomic mass is 32.2. The Labute approximate surface area is 175 Å². The summed E-state index contributed by atoms with van der Waals surface area (Å²) in [6.45, 7) is 5.39. The molecular weight excluding hydrogens is 404 g/mol. The zero-order valence-electron chi connectivity index (χ0n) is 17.3. The maximum absolute atomic E-state index is 13.0. The van der Waals surface area contributed by atoms with E-state index in [-0.39, 0.29) is 16.8 Å². The summed E-state index contributed by atoms with van der Waals surface area (Å²) in [7, 11) is -2.03. The van der Waals surface area contributed by atoms with E-state index in [1.54, 1.807) is 32.2 Å². The predicted octanol–water partition coefficient (Wildman–Crippen LogP) is 3.69. The van der Waals surface area contributed by atoms with Crippen LogP contribution in [0.1, 0.15) is 54.4 Å². The molecule has 0 aliphatic heterocycles. The van der Waals surface area contributed by atoms with Crippen molar-refractivity contribution in [2.24, 2.45) is 0 Å². The lowest BCUT2D eigenvalue weighted by molar-refractivity contribution is 0.102. The number of nitrogens with zero attached hydrogens (tertiary/aromatic N) is 3. The Balaban J connectivity index is 1.61. The number of carbonyl (C=O) groups excluding carboxylic acids is 1. The molecule has 2 heterocycles. The molecule has 1 aromatic carbocycles. The molecule has 1 aliphatic rings. The lowest BCUT2D eigenvalue weighted by Gasteiger charge is -2.21. The number of amides is 1. The molecule has 2 aromatic heterocycles. The number of carbonyl (C=O) groups is 1. The Bertz CT molecular complexity index is 1210. The second-order valence-electron chi connectivity index (χ2n) is 7.91. The molecule has 0 atom stereocenters. The van der Waals surface area contributed by atoms with Crippen molar-refractivity contribution < 1.29 is 17.7 Å². The van der Waals surface area contributed by atoms with E-state index in [1.165, 1.54) is 16.4 Å². The van der Waals surface area contributed by atoms with Gasteiger partial charge in [0.05, 0.1) is 21.5 Å². The molecule has 30 heavy (non-hydrogen) atoms. The van der Waals surface area contributed by atoms with Gasteiger partial charge in [-0.05, 0) is 63.9 Å². The van der Waals surface area contributed by atoms with E-state index < -0.39 is 10.0 Å². The first-order valence-corrected chi connectivity index (χ1v) is 11.3. The highest BCUT2D eigenvalue weighted by molar-refractivity contribution is 7.89. The van der Waals surface area contributed by atoms with E-state index >= 15 is 0 Å². The third kappa shape index (κ3) is 3.70. The maximum Gasteiger partial charge on any atom is 0.259 e. The molecule has 0 bridgehead atoms. The van der Waals surface area contributed by atoms with Crippen molar-refractivity contribution in [2.75, 3.05) is 12.4 Å². The number of hydrogen-bond acceptors (Lipinski definition) is 6. The molecule has 8 nitrogen and oxygen atoms in total. The molecule has 1 fully saturated rings. The molecule has 1 aliphatic carbocycles. The monoisotopic (exact) mass is 428 g/mol. The Morgan fingerprint density at radius 3 is 2.50 bits per heavy atom. The summed E-state index contributed by atoms with van der Waals surface area (Å²) in [4.78, 5) is 17.7. The Hall–Kier alpha value is -2.78. The molecule has 1 saturated carbocycles. The largest absolute Gasteiger partial charge is 0.336 e. The van der Waals surface area contributed by atoms with Crippen molar-refractivity contribution in [3.8, 4) is 0 Å². The number of anilines is 1. The van der Waals surface area contributed by atoms with Crippen LogP contribution in [-0.2, 0) is 10.0 Å². The van der Waals surface area contributed by atoms with Crippen LogP contribution in [0.4, 0.5) is 5.69 Å². The van der Waals surface area contributed by atoms with E-state index in [9.17, 15) is 13.2 Å². The molecule has 0 unspecified atom stereocenters. The quantitative estimate of drug-likeness (QED) is 0.642. The molecule has 3 aromatic rings. The first-order valence-electron chi connectivity index (χ1n) is 9.85. The number of hydrogen-bond donors (Lipinski definition) is 1. The van der Waals surface area contributed by atoms with Crippen molar-refractivity contribution in [3.05, 3.63) is 47.3 Å². The fourth-order valence-corrected chi connectivity index (χ4v) is 4.60. The van der Waals surface area contributed by atoms with Crippen molar-refractivity contribution in [3.63, 3.8) is 0 Å². The number of rotatable bonds is 6. The molecule has 0 radical (unpaired) electrons. The highest BCUT2D eigenvalue weighted by Crippen LogP contribution is 2.40. The summed E-state index contributed by atoms with van der Waals surface area (Å²) in [5.41, 5.74) is 2.75. The minimum absolute atomic E-state index is 0.157. The lowest BCUT2D eigenvalue weighted by atomic mass is 10.1. The summed E-state index contributed by atoms with van der Waals surface area (Å²) in [5, 5.41) is 7.38. The van der Waals surface area contributed by atoms with Crippen LogP contribution in [-0.4, -0.2) is 41.9 Å². The fraction of sp³-hybridized carbons (Fsp3) is 0.381. The van der Waals surface area contributed by atoms with Crippen molar-refractivity contribution >= 4 is 32.7 Å². The van der Waals surface area contributed by atoms with Gasteiger partial charge in [0.2, 0.25) is 10.0 Å². The molecule has 4 rings (SSSR count). The second kappa shape index (κ2) is 7.48. The number of sulfonamides is 1. The fourth-order valence-electron chi connectivity index (χ4n) is 3.23. The molecule has 1 amide bonds. The topological polar surface area (TPSA) is 105 Å². The smallest absolute Gasteiger partial charge is 0.259 e. The van der Waals surface area contributed by atoms with Gasteiger partial charge in [0.15, 0.2) is 0 Å². The van der Waals surface area contributed by atoms with Crippen LogP contribution in [0.25, 0.3) is 11.1 Å².